The second kappa shape index (κ2) is 7.82. The van der Waals surface area contributed by atoms with Crippen molar-refractivity contribution in [3.63, 3.8) is 0 Å². The first-order valence-corrected chi connectivity index (χ1v) is 10.7. The van der Waals surface area contributed by atoms with E-state index in [2.05, 4.69) is 9.97 Å². The molecule has 5 rings (SSSR count). The van der Waals surface area contributed by atoms with Crippen LogP contribution in [0.25, 0.3) is 21.7 Å². The molecule has 1 N–H and O–H groups in total. The number of hydrogen-bond acceptors (Lipinski definition) is 4. The lowest BCUT2D eigenvalue weighted by Crippen LogP contribution is -2.34. The highest BCUT2D eigenvalue weighted by Crippen LogP contribution is 2.30. The van der Waals surface area contributed by atoms with E-state index >= 15 is 0 Å². The van der Waals surface area contributed by atoms with Crippen molar-refractivity contribution >= 4 is 33.3 Å². The first kappa shape index (κ1) is 19.2. The van der Waals surface area contributed by atoms with Gasteiger partial charge in [0.15, 0.2) is 0 Å². The number of aliphatic hydroxyl groups excluding tert-OH is 1. The molecule has 0 amide bonds. The summed E-state index contributed by atoms with van der Waals surface area (Å²) in [5.74, 6) is 0. The van der Waals surface area contributed by atoms with Gasteiger partial charge in [-0.25, -0.2) is 4.98 Å². The molecule has 0 unspecified atom stereocenters. The van der Waals surface area contributed by atoms with Crippen molar-refractivity contribution in [1.29, 1.82) is 0 Å². The maximum absolute atomic E-state index is 13.5. The number of halogens is 1. The minimum absolute atomic E-state index is 0.0681. The van der Waals surface area contributed by atoms with Crippen molar-refractivity contribution in [3.05, 3.63) is 81.6 Å². The lowest BCUT2D eigenvalue weighted by Gasteiger charge is -2.29. The first-order chi connectivity index (χ1) is 14.6. The number of hydrogen-bond donors (Lipinski definition) is 1. The third-order valence-corrected chi connectivity index (χ3v) is 6.34. The van der Waals surface area contributed by atoms with Gasteiger partial charge < -0.3 is 9.67 Å². The maximum Gasteiger partial charge on any atom is 0.258 e. The summed E-state index contributed by atoms with van der Waals surface area (Å²) in [5, 5.41) is 13.4. The fourth-order valence-corrected chi connectivity index (χ4v) is 4.71. The second-order valence-corrected chi connectivity index (χ2v) is 8.40. The van der Waals surface area contributed by atoms with E-state index in [0.29, 0.717) is 17.0 Å². The van der Waals surface area contributed by atoms with E-state index < -0.39 is 6.10 Å². The van der Waals surface area contributed by atoms with Crippen molar-refractivity contribution in [1.82, 2.24) is 14.5 Å². The van der Waals surface area contributed by atoms with Crippen LogP contribution >= 0.6 is 11.6 Å². The van der Waals surface area contributed by atoms with Crippen LogP contribution in [0.3, 0.4) is 0 Å². The Balaban J connectivity index is 1.70. The predicted molar refractivity (Wildman–Crippen MR) is 119 cm³/mol. The number of nitrogens with zero attached hydrogens (tertiary/aromatic N) is 3. The molecule has 5 nitrogen and oxygen atoms in total. The van der Waals surface area contributed by atoms with Crippen LogP contribution in [-0.2, 0) is 6.42 Å². The fraction of sp³-hybridized carbons (Fsp3) is 0.292. The topological polar surface area (TPSA) is 68.0 Å². The Labute approximate surface area is 179 Å². The lowest BCUT2D eigenvalue weighted by atomic mass is 9.92. The molecule has 1 aliphatic carbocycles. The van der Waals surface area contributed by atoms with Crippen molar-refractivity contribution in [2.24, 2.45) is 0 Å². The van der Waals surface area contributed by atoms with Crippen LogP contribution in [0.1, 0.15) is 42.9 Å². The standard InChI is InChI=1S/C24H22ClN3O2/c25-22-8-7-15(14-27-22)12-16-13-19-18(23-17(16)4-3-10-26-23)9-11-28(24(19)30)20-5-1-2-6-21(20)29/h3-4,7-11,13-14,20-21,29H,1-2,5-6,12H2/t20-,21-/m0/s1. The van der Waals surface area contributed by atoms with Crippen molar-refractivity contribution in [2.45, 2.75) is 44.2 Å². The highest BCUT2D eigenvalue weighted by molar-refractivity contribution is 6.29. The quantitative estimate of drug-likeness (QED) is 0.387. The van der Waals surface area contributed by atoms with Gasteiger partial charge >= 0.3 is 0 Å². The fourth-order valence-electron chi connectivity index (χ4n) is 4.60. The van der Waals surface area contributed by atoms with E-state index in [9.17, 15) is 9.90 Å². The molecule has 1 aromatic carbocycles. The van der Waals surface area contributed by atoms with Gasteiger partial charge in [-0.3, -0.25) is 9.78 Å². The minimum Gasteiger partial charge on any atom is -0.391 e. The van der Waals surface area contributed by atoms with Gasteiger partial charge in [0.2, 0.25) is 0 Å². The van der Waals surface area contributed by atoms with E-state index in [4.69, 9.17) is 11.6 Å². The summed E-state index contributed by atoms with van der Waals surface area (Å²) in [6.45, 7) is 0. The predicted octanol–water partition coefficient (Wildman–Crippen LogP) is 4.66. The number of rotatable bonds is 3. The van der Waals surface area contributed by atoms with E-state index in [-0.39, 0.29) is 11.6 Å². The molecule has 6 heteroatoms. The van der Waals surface area contributed by atoms with Crippen molar-refractivity contribution in [3.8, 4) is 0 Å². The smallest absolute Gasteiger partial charge is 0.258 e. The van der Waals surface area contributed by atoms with Crippen LogP contribution in [0.2, 0.25) is 5.15 Å². The van der Waals surface area contributed by atoms with E-state index in [1.54, 1.807) is 23.0 Å². The van der Waals surface area contributed by atoms with Crippen LogP contribution < -0.4 is 5.56 Å². The summed E-state index contributed by atoms with van der Waals surface area (Å²) in [5.41, 5.74) is 2.79. The molecule has 0 radical (unpaired) electrons. The third-order valence-electron chi connectivity index (χ3n) is 6.12. The molecule has 3 heterocycles. The summed E-state index contributed by atoms with van der Waals surface area (Å²) in [7, 11) is 0. The van der Waals surface area contributed by atoms with E-state index in [1.807, 2.05) is 36.5 Å². The minimum atomic E-state index is -0.480. The summed E-state index contributed by atoms with van der Waals surface area (Å²) in [4.78, 5) is 22.2. The monoisotopic (exact) mass is 419 g/mol. The van der Waals surface area contributed by atoms with E-state index in [1.165, 1.54) is 0 Å². The zero-order chi connectivity index (χ0) is 20.7. The van der Waals surface area contributed by atoms with Gasteiger partial charge in [0.1, 0.15) is 5.15 Å². The maximum atomic E-state index is 13.5. The summed E-state index contributed by atoms with van der Waals surface area (Å²) in [6, 6.07) is 11.4. The highest BCUT2D eigenvalue weighted by atomic mass is 35.5. The molecule has 0 saturated heterocycles. The first-order valence-electron chi connectivity index (χ1n) is 10.3. The molecule has 152 valence electrons. The van der Waals surface area contributed by atoms with Gasteiger partial charge in [-0.1, -0.05) is 36.6 Å². The number of aromatic nitrogens is 3. The second-order valence-electron chi connectivity index (χ2n) is 8.01. The molecule has 4 aromatic rings. The van der Waals surface area contributed by atoms with Gasteiger partial charge in [0.05, 0.1) is 17.7 Å². The third kappa shape index (κ3) is 3.38. The van der Waals surface area contributed by atoms with Crippen LogP contribution in [0, 0.1) is 0 Å². The largest absolute Gasteiger partial charge is 0.391 e. The molecular weight excluding hydrogens is 398 g/mol. The molecular formula is C24H22ClN3O2. The molecule has 0 spiro atoms. The zero-order valence-electron chi connectivity index (χ0n) is 16.5. The van der Waals surface area contributed by atoms with Gasteiger partial charge in [-0.2, -0.15) is 0 Å². The van der Waals surface area contributed by atoms with Crippen LogP contribution in [-0.4, -0.2) is 25.7 Å². The Hall–Kier alpha value is -2.76. The van der Waals surface area contributed by atoms with Gasteiger partial charge in [-0.05, 0) is 54.7 Å². The SMILES string of the molecule is O=c1c2cc(Cc3ccc(Cl)nc3)c3cccnc3c2ccn1[C@H]1CCCC[C@@H]1O. The van der Waals surface area contributed by atoms with Crippen LogP contribution in [0.15, 0.2) is 59.8 Å². The zero-order valence-corrected chi connectivity index (χ0v) is 17.2. The number of aliphatic hydroxyl groups is 1. The molecule has 2 atom stereocenters. The Kier molecular flexibility index (Phi) is 5.01. The average Bonchev–Trinajstić information content (AvgIpc) is 2.77. The molecule has 1 fully saturated rings. The number of benzene rings is 1. The van der Waals surface area contributed by atoms with Crippen molar-refractivity contribution < 1.29 is 5.11 Å². The Morgan fingerprint density at radius 1 is 1.07 bits per heavy atom. The molecule has 0 aliphatic heterocycles. The molecule has 30 heavy (non-hydrogen) atoms. The highest BCUT2D eigenvalue weighted by Gasteiger charge is 2.26. The summed E-state index contributed by atoms with van der Waals surface area (Å²) >= 11 is 5.93. The van der Waals surface area contributed by atoms with Crippen LogP contribution in [0.4, 0.5) is 0 Å². The number of fused-ring (bicyclic) bond motifs is 3. The summed E-state index contributed by atoms with van der Waals surface area (Å²) in [6.07, 6.45) is 9.08. The van der Waals surface area contributed by atoms with Gasteiger partial charge in [0, 0.05) is 34.7 Å². The molecule has 1 aliphatic rings. The molecule has 3 aromatic heterocycles. The Bertz CT molecular complexity index is 1280. The Morgan fingerprint density at radius 2 is 1.93 bits per heavy atom. The molecule has 1 saturated carbocycles. The molecule has 0 bridgehead atoms. The van der Waals surface area contributed by atoms with Gasteiger partial charge in [-0.15, -0.1) is 0 Å². The Morgan fingerprint density at radius 3 is 2.73 bits per heavy atom. The number of pyridine rings is 3. The van der Waals surface area contributed by atoms with E-state index in [0.717, 1.165) is 53.1 Å². The normalized spacial score (nSPS) is 19.4. The lowest BCUT2D eigenvalue weighted by molar-refractivity contribution is 0.0740. The average molecular weight is 420 g/mol. The van der Waals surface area contributed by atoms with Crippen molar-refractivity contribution in [2.75, 3.05) is 0 Å². The summed E-state index contributed by atoms with van der Waals surface area (Å²) < 4.78 is 1.72. The van der Waals surface area contributed by atoms with Gasteiger partial charge in [0.25, 0.3) is 5.56 Å². The van der Waals surface area contributed by atoms with Crippen LogP contribution in [0.5, 0.6) is 0 Å².